The molecule has 1 aliphatic heterocycles. The zero-order chi connectivity index (χ0) is 20.4. The van der Waals surface area contributed by atoms with Gasteiger partial charge in [0.2, 0.25) is 5.91 Å². The third kappa shape index (κ3) is 3.92. The first kappa shape index (κ1) is 20.0. The van der Waals surface area contributed by atoms with E-state index in [1.165, 1.54) is 19.1 Å². The molecule has 1 amide bonds. The number of rotatable bonds is 5. The van der Waals surface area contributed by atoms with Crippen molar-refractivity contribution in [1.29, 1.82) is 0 Å². The molecule has 0 saturated heterocycles. The van der Waals surface area contributed by atoms with Gasteiger partial charge in [0.1, 0.15) is 12.1 Å². The molecule has 2 aromatic carbocycles. The molecular formula is C22H26FN3O2. The molecule has 1 aliphatic rings. The number of fused-ring (bicyclic) bond motifs is 1. The van der Waals surface area contributed by atoms with Gasteiger partial charge in [0.15, 0.2) is 0 Å². The first-order chi connectivity index (χ1) is 13.3. The monoisotopic (exact) mass is 383 g/mol. The number of hydrogen-bond acceptors (Lipinski definition) is 4. The molecule has 0 aromatic heterocycles. The molecule has 0 saturated carbocycles. The zero-order valence-corrected chi connectivity index (χ0v) is 16.6. The minimum Gasteiger partial charge on any atom is -0.378 e. The van der Waals surface area contributed by atoms with Crippen molar-refractivity contribution in [3.05, 3.63) is 59.4 Å². The summed E-state index contributed by atoms with van der Waals surface area (Å²) < 4.78 is 13.9. The molecule has 28 heavy (non-hydrogen) atoms. The van der Waals surface area contributed by atoms with Crippen molar-refractivity contribution < 1.29 is 14.0 Å². The summed E-state index contributed by atoms with van der Waals surface area (Å²) in [4.78, 5) is 27.0. The Labute approximate surface area is 165 Å². The number of likely N-dealkylation sites (N-methyl/N-ethyl adjacent to an activating group) is 1. The smallest absolute Gasteiger partial charge is 0.224 e. The molecule has 2 aromatic rings. The molecule has 3 rings (SSSR count). The molecule has 3 unspecified atom stereocenters. The third-order valence-corrected chi connectivity index (χ3v) is 5.26. The molecule has 1 N–H and O–H groups in total. The number of aldehydes is 1. The van der Waals surface area contributed by atoms with Gasteiger partial charge in [-0.2, -0.15) is 0 Å². The summed E-state index contributed by atoms with van der Waals surface area (Å²) in [7, 11) is 3.72. The van der Waals surface area contributed by atoms with E-state index in [-0.39, 0.29) is 29.8 Å². The molecule has 0 spiro atoms. The molecule has 1 heterocycles. The summed E-state index contributed by atoms with van der Waals surface area (Å²) in [5.41, 5.74) is 3.32. The van der Waals surface area contributed by atoms with E-state index in [0.29, 0.717) is 6.42 Å². The Kier molecular flexibility index (Phi) is 5.79. The lowest BCUT2D eigenvalue weighted by Gasteiger charge is -2.39. The summed E-state index contributed by atoms with van der Waals surface area (Å²) in [6.07, 6.45) is 1.59. The van der Waals surface area contributed by atoms with E-state index in [2.05, 4.69) is 5.32 Å². The van der Waals surface area contributed by atoms with Gasteiger partial charge in [-0.3, -0.25) is 9.69 Å². The number of carbonyl (C=O) groups excluding carboxylic acids is 2. The van der Waals surface area contributed by atoms with Crippen LogP contribution in [0.2, 0.25) is 0 Å². The second-order valence-corrected chi connectivity index (χ2v) is 7.54. The van der Waals surface area contributed by atoms with E-state index in [0.717, 1.165) is 28.8 Å². The van der Waals surface area contributed by atoms with Crippen molar-refractivity contribution in [2.45, 2.75) is 38.4 Å². The first-order valence-electron chi connectivity index (χ1n) is 9.39. The van der Waals surface area contributed by atoms with E-state index in [9.17, 15) is 14.0 Å². The molecule has 0 bridgehead atoms. The average Bonchev–Trinajstić information content (AvgIpc) is 2.63. The van der Waals surface area contributed by atoms with Crippen LogP contribution in [-0.4, -0.2) is 37.2 Å². The molecule has 0 fully saturated rings. The number of anilines is 2. The number of carbonyl (C=O) groups is 2. The first-order valence-corrected chi connectivity index (χ1v) is 9.39. The van der Waals surface area contributed by atoms with Crippen molar-refractivity contribution in [3.8, 4) is 0 Å². The molecule has 148 valence electrons. The number of nitrogens with zero attached hydrogens (tertiary/aromatic N) is 2. The molecule has 6 heteroatoms. The maximum Gasteiger partial charge on any atom is 0.224 e. The van der Waals surface area contributed by atoms with Crippen LogP contribution in [0.1, 0.15) is 43.5 Å². The normalized spacial score (nSPS) is 19.9. The number of nitrogens with one attached hydrogen (secondary N) is 1. The highest BCUT2D eigenvalue weighted by molar-refractivity contribution is 5.93. The number of benzene rings is 2. The minimum absolute atomic E-state index is 0.000388. The van der Waals surface area contributed by atoms with Crippen LogP contribution in [0.4, 0.5) is 15.8 Å². The van der Waals surface area contributed by atoms with Crippen LogP contribution in [0.3, 0.4) is 0 Å². The molecule has 3 atom stereocenters. The fraction of sp³-hybridized carbons (Fsp3) is 0.364. The lowest BCUT2D eigenvalue weighted by atomic mass is 9.91. The Morgan fingerprint density at radius 3 is 2.50 bits per heavy atom. The minimum atomic E-state index is -0.321. The molecule has 0 aliphatic carbocycles. The Bertz CT molecular complexity index is 867. The van der Waals surface area contributed by atoms with E-state index >= 15 is 0 Å². The molecular weight excluding hydrogens is 357 g/mol. The van der Waals surface area contributed by atoms with Crippen LogP contribution in [-0.2, 0) is 9.59 Å². The summed E-state index contributed by atoms with van der Waals surface area (Å²) in [6, 6.07) is 11.8. The quantitative estimate of drug-likeness (QED) is 0.795. The van der Waals surface area contributed by atoms with Crippen molar-refractivity contribution in [3.63, 3.8) is 0 Å². The van der Waals surface area contributed by atoms with Gasteiger partial charge in [-0.15, -0.1) is 0 Å². The standard InChI is InChI=1S/C22H26FN3O2/c1-14-11-20(19-12-17(23)7-10-21(19)26(14)15(2)28)24-18-8-5-16(6-9-18)22(13-27)25(3)4/h5-10,12-14,20,22,24H,11H2,1-4H3. The molecule has 0 radical (unpaired) electrons. The van der Waals surface area contributed by atoms with Gasteiger partial charge in [0.05, 0.1) is 12.1 Å². The van der Waals surface area contributed by atoms with E-state index in [4.69, 9.17) is 0 Å². The van der Waals surface area contributed by atoms with Crippen molar-refractivity contribution in [2.75, 3.05) is 24.3 Å². The highest BCUT2D eigenvalue weighted by Crippen LogP contribution is 2.39. The Hall–Kier alpha value is -2.73. The Balaban J connectivity index is 1.88. The van der Waals surface area contributed by atoms with Crippen LogP contribution in [0.25, 0.3) is 0 Å². The van der Waals surface area contributed by atoms with E-state index in [1.807, 2.05) is 50.2 Å². The molecule has 5 nitrogen and oxygen atoms in total. The number of amides is 1. The largest absolute Gasteiger partial charge is 0.378 e. The lowest BCUT2D eigenvalue weighted by Crippen LogP contribution is -2.43. The Morgan fingerprint density at radius 1 is 1.25 bits per heavy atom. The fourth-order valence-electron chi connectivity index (χ4n) is 3.93. The summed E-state index contributed by atoms with van der Waals surface area (Å²) in [5.74, 6) is -0.370. The maximum atomic E-state index is 13.9. The second kappa shape index (κ2) is 8.10. The van der Waals surface area contributed by atoms with Crippen LogP contribution in [0.5, 0.6) is 0 Å². The SMILES string of the molecule is CC(=O)N1c2ccc(F)cc2C(Nc2ccc(C(C=O)N(C)C)cc2)CC1C. The van der Waals surface area contributed by atoms with Gasteiger partial charge < -0.3 is 15.0 Å². The third-order valence-electron chi connectivity index (χ3n) is 5.26. The van der Waals surface area contributed by atoms with Crippen molar-refractivity contribution in [2.24, 2.45) is 0 Å². The van der Waals surface area contributed by atoms with Gasteiger partial charge in [-0.1, -0.05) is 12.1 Å². The summed E-state index contributed by atoms with van der Waals surface area (Å²) in [6.45, 7) is 3.53. The van der Waals surface area contributed by atoms with Crippen LogP contribution in [0, 0.1) is 5.82 Å². The highest BCUT2D eigenvalue weighted by atomic mass is 19.1. The van der Waals surface area contributed by atoms with Gasteiger partial charge in [-0.25, -0.2) is 4.39 Å². The fourth-order valence-corrected chi connectivity index (χ4v) is 3.93. The predicted molar refractivity (Wildman–Crippen MR) is 109 cm³/mol. The Morgan fingerprint density at radius 2 is 1.93 bits per heavy atom. The van der Waals surface area contributed by atoms with Gasteiger partial charge in [0, 0.05) is 29.9 Å². The van der Waals surface area contributed by atoms with E-state index in [1.54, 1.807) is 11.0 Å². The van der Waals surface area contributed by atoms with Gasteiger partial charge in [0.25, 0.3) is 0 Å². The van der Waals surface area contributed by atoms with Gasteiger partial charge in [-0.05, 0) is 63.3 Å². The van der Waals surface area contributed by atoms with Crippen molar-refractivity contribution in [1.82, 2.24) is 4.90 Å². The second-order valence-electron chi connectivity index (χ2n) is 7.54. The van der Waals surface area contributed by atoms with Crippen LogP contribution in [0.15, 0.2) is 42.5 Å². The highest BCUT2D eigenvalue weighted by Gasteiger charge is 2.32. The lowest BCUT2D eigenvalue weighted by molar-refractivity contribution is -0.117. The van der Waals surface area contributed by atoms with Gasteiger partial charge >= 0.3 is 0 Å². The number of hydrogen-bond donors (Lipinski definition) is 1. The van der Waals surface area contributed by atoms with Crippen molar-refractivity contribution >= 4 is 23.6 Å². The van der Waals surface area contributed by atoms with Crippen LogP contribution >= 0.6 is 0 Å². The van der Waals surface area contributed by atoms with Crippen LogP contribution < -0.4 is 10.2 Å². The van der Waals surface area contributed by atoms with E-state index < -0.39 is 0 Å². The summed E-state index contributed by atoms with van der Waals surface area (Å²) in [5, 5.41) is 3.46. The summed E-state index contributed by atoms with van der Waals surface area (Å²) >= 11 is 0. The number of halogens is 1. The predicted octanol–water partition coefficient (Wildman–Crippen LogP) is 3.93. The average molecular weight is 383 g/mol. The topological polar surface area (TPSA) is 52.7 Å². The zero-order valence-electron chi connectivity index (χ0n) is 16.6. The maximum absolute atomic E-state index is 13.9.